The van der Waals surface area contributed by atoms with Gasteiger partial charge in [0.2, 0.25) is 5.91 Å². The fourth-order valence-corrected chi connectivity index (χ4v) is 5.09. The van der Waals surface area contributed by atoms with Crippen molar-refractivity contribution in [1.29, 1.82) is 0 Å². The molecule has 8 nitrogen and oxygen atoms in total. The number of benzene rings is 2. The van der Waals surface area contributed by atoms with Gasteiger partial charge in [0.1, 0.15) is 11.5 Å². The van der Waals surface area contributed by atoms with E-state index >= 15 is 0 Å². The van der Waals surface area contributed by atoms with Gasteiger partial charge in [0, 0.05) is 36.1 Å². The van der Waals surface area contributed by atoms with E-state index in [0.29, 0.717) is 30.2 Å². The zero-order valence-electron chi connectivity index (χ0n) is 19.5. The van der Waals surface area contributed by atoms with Crippen LogP contribution >= 0.6 is 15.9 Å². The van der Waals surface area contributed by atoms with Crippen LogP contribution in [0, 0.1) is 0 Å². The molecule has 2 aromatic carbocycles. The molecule has 4 aromatic rings. The summed E-state index contributed by atoms with van der Waals surface area (Å²) in [5.74, 6) is 0.0948. The molecular formula is C27H25BrN6O2. The van der Waals surface area contributed by atoms with E-state index in [4.69, 9.17) is 10.8 Å². The fraction of sp³-hybridized carbons (Fsp3) is 0.185. The first-order valence-corrected chi connectivity index (χ1v) is 12.5. The van der Waals surface area contributed by atoms with Crippen molar-refractivity contribution in [3.63, 3.8) is 0 Å². The Hall–Kier alpha value is -3.98. The fourth-order valence-electron chi connectivity index (χ4n) is 4.61. The Bertz CT molecular complexity index is 1450. The van der Waals surface area contributed by atoms with Crippen LogP contribution in [0.5, 0.6) is 0 Å². The minimum Gasteiger partial charge on any atom is -0.383 e. The number of nitrogens with one attached hydrogen (secondary N) is 1. The monoisotopic (exact) mass is 544 g/mol. The predicted molar refractivity (Wildman–Crippen MR) is 145 cm³/mol. The van der Waals surface area contributed by atoms with Crippen LogP contribution in [0.15, 0.2) is 77.9 Å². The predicted octanol–water partition coefficient (Wildman–Crippen LogP) is 5.04. The maximum atomic E-state index is 12.7. The largest absolute Gasteiger partial charge is 0.383 e. The lowest BCUT2D eigenvalue weighted by Gasteiger charge is -2.32. The molecule has 5 rings (SSSR count). The second kappa shape index (κ2) is 9.94. The summed E-state index contributed by atoms with van der Waals surface area (Å²) in [6.45, 7) is 4.86. The molecule has 2 amide bonds. The van der Waals surface area contributed by atoms with Gasteiger partial charge in [-0.3, -0.25) is 14.3 Å². The maximum Gasteiger partial charge on any atom is 0.255 e. The van der Waals surface area contributed by atoms with Crippen molar-refractivity contribution in [3.8, 4) is 11.3 Å². The molecule has 0 spiro atoms. The van der Waals surface area contributed by atoms with Crippen molar-refractivity contribution in [2.45, 2.75) is 18.9 Å². The molecule has 36 heavy (non-hydrogen) atoms. The molecule has 1 fully saturated rings. The minimum absolute atomic E-state index is 0.0204. The van der Waals surface area contributed by atoms with Crippen LogP contribution in [-0.4, -0.2) is 44.6 Å². The molecule has 0 saturated carbocycles. The van der Waals surface area contributed by atoms with E-state index in [2.05, 4.69) is 32.8 Å². The molecule has 0 bridgehead atoms. The summed E-state index contributed by atoms with van der Waals surface area (Å²) in [6, 6.07) is 16.6. The minimum atomic E-state index is -0.193. The number of anilines is 2. The van der Waals surface area contributed by atoms with Crippen molar-refractivity contribution in [1.82, 2.24) is 19.7 Å². The number of nitrogens with zero attached hydrogens (tertiary/aromatic N) is 4. The Labute approximate surface area is 216 Å². The highest BCUT2D eigenvalue weighted by molar-refractivity contribution is 9.10. The first-order valence-electron chi connectivity index (χ1n) is 11.7. The Kier molecular flexibility index (Phi) is 6.56. The summed E-state index contributed by atoms with van der Waals surface area (Å²) >= 11 is 3.63. The van der Waals surface area contributed by atoms with Crippen LogP contribution in [0.2, 0.25) is 0 Å². The van der Waals surface area contributed by atoms with Crippen molar-refractivity contribution in [2.24, 2.45) is 0 Å². The third-order valence-electron chi connectivity index (χ3n) is 6.39. The number of nitrogen functional groups attached to an aromatic ring is 1. The maximum absolute atomic E-state index is 12.7. The van der Waals surface area contributed by atoms with Crippen molar-refractivity contribution >= 4 is 50.2 Å². The van der Waals surface area contributed by atoms with Gasteiger partial charge in [-0.2, -0.15) is 5.10 Å². The number of nitrogens with two attached hydrogens (primary N) is 1. The molecule has 0 radical (unpaired) electrons. The number of pyridine rings is 1. The molecular weight excluding hydrogens is 520 g/mol. The van der Waals surface area contributed by atoms with Gasteiger partial charge in [0.05, 0.1) is 21.4 Å². The molecule has 2 aromatic heterocycles. The second-order valence-electron chi connectivity index (χ2n) is 8.69. The lowest BCUT2D eigenvalue weighted by Crippen LogP contribution is -2.40. The van der Waals surface area contributed by atoms with Crippen LogP contribution in [-0.2, 0) is 4.79 Å². The number of para-hydroxylation sites is 1. The second-order valence-corrected chi connectivity index (χ2v) is 9.54. The lowest BCUT2D eigenvalue weighted by atomic mass is 10.0. The summed E-state index contributed by atoms with van der Waals surface area (Å²) in [6.07, 6.45) is 4.77. The summed E-state index contributed by atoms with van der Waals surface area (Å²) < 4.78 is 2.72. The molecule has 1 saturated heterocycles. The van der Waals surface area contributed by atoms with Crippen molar-refractivity contribution < 1.29 is 9.59 Å². The zero-order valence-corrected chi connectivity index (χ0v) is 21.1. The van der Waals surface area contributed by atoms with Gasteiger partial charge in [-0.05, 0) is 59.1 Å². The number of fused-ring (bicyclic) bond motifs is 1. The third kappa shape index (κ3) is 4.49. The van der Waals surface area contributed by atoms with Gasteiger partial charge in [0.15, 0.2) is 0 Å². The van der Waals surface area contributed by atoms with Gasteiger partial charge < -0.3 is 16.0 Å². The number of rotatable bonds is 5. The molecule has 1 aliphatic rings. The number of carbonyl (C=O) groups is 2. The Morgan fingerprint density at radius 3 is 2.61 bits per heavy atom. The number of halogens is 1. The van der Waals surface area contributed by atoms with Crippen LogP contribution in [0.25, 0.3) is 22.2 Å². The molecule has 3 N–H and O–H groups in total. The number of aromatic nitrogens is 3. The highest BCUT2D eigenvalue weighted by Crippen LogP contribution is 2.38. The summed E-state index contributed by atoms with van der Waals surface area (Å²) in [5, 5.41) is 8.60. The van der Waals surface area contributed by atoms with Gasteiger partial charge >= 0.3 is 0 Å². The van der Waals surface area contributed by atoms with E-state index in [9.17, 15) is 9.59 Å². The first kappa shape index (κ1) is 23.7. The SMILES string of the molecule is C=CC(=O)N1CCC[C@@H](n2nc(-c3ccc(C(=O)Nc4ccccc4)cc3)c3c(N)ncc(Br)c32)C1. The van der Waals surface area contributed by atoms with Crippen LogP contribution in [0.3, 0.4) is 0 Å². The van der Waals surface area contributed by atoms with Gasteiger partial charge in [-0.1, -0.05) is 36.9 Å². The number of hydrogen-bond acceptors (Lipinski definition) is 5. The van der Waals surface area contributed by atoms with Crippen LogP contribution in [0.4, 0.5) is 11.5 Å². The number of hydrogen-bond donors (Lipinski definition) is 2. The zero-order chi connectivity index (χ0) is 25.2. The topological polar surface area (TPSA) is 106 Å². The number of piperidine rings is 1. The molecule has 3 heterocycles. The average Bonchev–Trinajstić information content (AvgIpc) is 3.33. The number of amides is 2. The first-order chi connectivity index (χ1) is 17.5. The summed E-state index contributed by atoms with van der Waals surface area (Å²) in [4.78, 5) is 31.1. The van der Waals surface area contributed by atoms with Crippen LogP contribution in [0.1, 0.15) is 29.2 Å². The quantitative estimate of drug-likeness (QED) is 0.342. The summed E-state index contributed by atoms with van der Waals surface area (Å²) in [5.41, 5.74) is 9.93. The van der Waals surface area contributed by atoms with E-state index in [1.165, 1.54) is 6.08 Å². The molecule has 182 valence electrons. The van der Waals surface area contributed by atoms with Gasteiger partial charge in [-0.25, -0.2) is 4.98 Å². The van der Waals surface area contributed by atoms with Gasteiger partial charge in [-0.15, -0.1) is 0 Å². The molecule has 0 unspecified atom stereocenters. The smallest absolute Gasteiger partial charge is 0.255 e. The van der Waals surface area contributed by atoms with E-state index in [1.54, 1.807) is 23.2 Å². The molecule has 0 aliphatic carbocycles. The van der Waals surface area contributed by atoms with E-state index < -0.39 is 0 Å². The van der Waals surface area contributed by atoms with E-state index in [-0.39, 0.29) is 17.9 Å². The standard InChI is InChI=1S/C27H25BrN6O2/c1-2-22(35)33-14-6-9-20(16-33)34-25-21(28)15-30-26(29)23(25)24(32-34)17-10-12-18(13-11-17)27(36)31-19-7-4-3-5-8-19/h2-5,7-8,10-13,15,20H,1,6,9,14,16H2,(H2,29,30)(H,31,36)/t20-/m1/s1. The Morgan fingerprint density at radius 1 is 1.14 bits per heavy atom. The molecule has 1 aliphatic heterocycles. The van der Waals surface area contributed by atoms with E-state index in [0.717, 1.165) is 39.5 Å². The van der Waals surface area contributed by atoms with Crippen molar-refractivity contribution in [2.75, 3.05) is 24.1 Å². The highest BCUT2D eigenvalue weighted by Gasteiger charge is 2.28. The molecule has 1 atom stereocenters. The van der Waals surface area contributed by atoms with Crippen molar-refractivity contribution in [3.05, 3.63) is 83.5 Å². The Morgan fingerprint density at radius 2 is 1.89 bits per heavy atom. The normalized spacial score (nSPS) is 15.6. The van der Waals surface area contributed by atoms with Crippen LogP contribution < -0.4 is 11.1 Å². The average molecular weight is 545 g/mol. The Balaban J connectivity index is 1.51. The lowest BCUT2D eigenvalue weighted by molar-refractivity contribution is -0.127. The highest BCUT2D eigenvalue weighted by atomic mass is 79.9. The molecule has 9 heteroatoms. The number of likely N-dealkylation sites (tertiary alicyclic amines) is 1. The summed E-state index contributed by atoms with van der Waals surface area (Å²) in [7, 11) is 0. The third-order valence-corrected chi connectivity index (χ3v) is 6.97. The van der Waals surface area contributed by atoms with Gasteiger partial charge in [0.25, 0.3) is 5.91 Å². The number of carbonyl (C=O) groups excluding carboxylic acids is 2. The van der Waals surface area contributed by atoms with E-state index in [1.807, 2.05) is 47.1 Å².